The smallest absolute Gasteiger partial charge is 0.0994 e. The molecule has 1 aromatic carbocycles. The molecule has 2 unspecified atom stereocenters. The lowest BCUT2D eigenvalue weighted by Crippen LogP contribution is -2.17. The van der Waals surface area contributed by atoms with E-state index in [-0.39, 0.29) is 5.25 Å². The Labute approximate surface area is 98.7 Å². The van der Waals surface area contributed by atoms with Crippen LogP contribution in [0.4, 0.5) is 0 Å². The SMILES string of the molecule is CC(CCN)S(=O)Cc1ccccc1C#N. The average molecular weight is 236 g/mol. The molecule has 0 aliphatic rings. The van der Waals surface area contributed by atoms with E-state index in [1.807, 2.05) is 25.1 Å². The van der Waals surface area contributed by atoms with E-state index in [9.17, 15) is 4.21 Å². The predicted octanol–water partition coefficient (Wildman–Crippen LogP) is 1.54. The van der Waals surface area contributed by atoms with Crippen LogP contribution in [0.25, 0.3) is 0 Å². The fraction of sp³-hybridized carbons (Fsp3) is 0.417. The van der Waals surface area contributed by atoms with Crippen LogP contribution in [-0.4, -0.2) is 16.0 Å². The molecule has 0 spiro atoms. The first-order chi connectivity index (χ1) is 7.69. The molecule has 0 saturated carbocycles. The predicted molar refractivity (Wildman–Crippen MR) is 66.1 cm³/mol. The van der Waals surface area contributed by atoms with Gasteiger partial charge in [-0.05, 0) is 24.6 Å². The Hall–Kier alpha value is -1.18. The van der Waals surface area contributed by atoms with Crippen LogP contribution in [-0.2, 0) is 16.6 Å². The van der Waals surface area contributed by atoms with E-state index < -0.39 is 10.8 Å². The zero-order valence-electron chi connectivity index (χ0n) is 9.35. The van der Waals surface area contributed by atoms with Gasteiger partial charge >= 0.3 is 0 Å². The average Bonchev–Trinajstić information content (AvgIpc) is 2.30. The summed E-state index contributed by atoms with van der Waals surface area (Å²) in [5, 5.41) is 8.98. The quantitative estimate of drug-likeness (QED) is 0.843. The van der Waals surface area contributed by atoms with Crippen molar-refractivity contribution >= 4 is 10.8 Å². The van der Waals surface area contributed by atoms with Crippen molar-refractivity contribution in [2.24, 2.45) is 5.73 Å². The highest BCUT2D eigenvalue weighted by Crippen LogP contribution is 2.13. The van der Waals surface area contributed by atoms with Gasteiger partial charge in [0.1, 0.15) is 0 Å². The summed E-state index contributed by atoms with van der Waals surface area (Å²) >= 11 is 0. The molecule has 0 radical (unpaired) electrons. The number of benzene rings is 1. The number of nitrogens with zero attached hydrogens (tertiary/aromatic N) is 1. The molecule has 0 aromatic heterocycles. The monoisotopic (exact) mass is 236 g/mol. The lowest BCUT2D eigenvalue weighted by molar-refractivity contribution is 0.665. The van der Waals surface area contributed by atoms with E-state index in [0.29, 0.717) is 17.9 Å². The molecule has 0 heterocycles. The zero-order valence-corrected chi connectivity index (χ0v) is 10.2. The summed E-state index contributed by atoms with van der Waals surface area (Å²) in [6.07, 6.45) is 0.751. The molecule has 4 heteroatoms. The van der Waals surface area contributed by atoms with Crippen LogP contribution in [0.3, 0.4) is 0 Å². The summed E-state index contributed by atoms with van der Waals surface area (Å²) in [4.78, 5) is 0. The van der Waals surface area contributed by atoms with Gasteiger partial charge in [0.25, 0.3) is 0 Å². The van der Waals surface area contributed by atoms with E-state index in [2.05, 4.69) is 6.07 Å². The van der Waals surface area contributed by atoms with Crippen LogP contribution in [0.2, 0.25) is 0 Å². The van der Waals surface area contributed by atoms with Gasteiger partial charge in [-0.15, -0.1) is 0 Å². The largest absolute Gasteiger partial charge is 0.330 e. The molecule has 0 saturated heterocycles. The first-order valence-corrected chi connectivity index (χ1v) is 6.62. The molecule has 0 bridgehead atoms. The highest BCUT2D eigenvalue weighted by atomic mass is 32.2. The van der Waals surface area contributed by atoms with Gasteiger partial charge in [0, 0.05) is 16.0 Å². The lowest BCUT2D eigenvalue weighted by atomic mass is 10.1. The lowest BCUT2D eigenvalue weighted by Gasteiger charge is -2.10. The minimum atomic E-state index is -0.959. The van der Waals surface area contributed by atoms with Gasteiger partial charge in [-0.2, -0.15) is 5.26 Å². The number of hydrogen-bond donors (Lipinski definition) is 1. The Morgan fingerprint density at radius 1 is 1.50 bits per heavy atom. The van der Waals surface area contributed by atoms with Crippen molar-refractivity contribution in [1.82, 2.24) is 0 Å². The first kappa shape index (κ1) is 12.9. The van der Waals surface area contributed by atoms with Gasteiger partial charge in [-0.3, -0.25) is 4.21 Å². The maximum atomic E-state index is 11.9. The number of nitrogens with two attached hydrogens (primary N) is 1. The normalized spacial score (nSPS) is 14.1. The van der Waals surface area contributed by atoms with Gasteiger partial charge in [0.2, 0.25) is 0 Å². The van der Waals surface area contributed by atoms with Crippen molar-refractivity contribution in [3.8, 4) is 6.07 Å². The van der Waals surface area contributed by atoms with Gasteiger partial charge in [-0.1, -0.05) is 25.1 Å². The molecular weight excluding hydrogens is 220 g/mol. The summed E-state index contributed by atoms with van der Waals surface area (Å²) in [5.74, 6) is 0.435. The van der Waals surface area contributed by atoms with Crippen LogP contribution in [0.15, 0.2) is 24.3 Å². The summed E-state index contributed by atoms with van der Waals surface area (Å²) in [7, 11) is -0.959. The van der Waals surface area contributed by atoms with E-state index >= 15 is 0 Å². The van der Waals surface area contributed by atoms with E-state index in [0.717, 1.165) is 12.0 Å². The van der Waals surface area contributed by atoms with Crippen molar-refractivity contribution in [3.63, 3.8) is 0 Å². The van der Waals surface area contributed by atoms with E-state index in [4.69, 9.17) is 11.0 Å². The van der Waals surface area contributed by atoms with E-state index in [1.54, 1.807) is 6.07 Å². The van der Waals surface area contributed by atoms with Crippen molar-refractivity contribution < 1.29 is 4.21 Å². The molecule has 0 amide bonds. The van der Waals surface area contributed by atoms with Gasteiger partial charge in [0.15, 0.2) is 0 Å². The fourth-order valence-electron chi connectivity index (χ4n) is 1.42. The maximum Gasteiger partial charge on any atom is 0.0994 e. The van der Waals surface area contributed by atoms with Crippen molar-refractivity contribution in [1.29, 1.82) is 5.26 Å². The molecule has 2 N–H and O–H groups in total. The Kier molecular flexibility index (Phi) is 5.17. The number of hydrogen-bond acceptors (Lipinski definition) is 3. The van der Waals surface area contributed by atoms with Gasteiger partial charge < -0.3 is 5.73 Å². The van der Waals surface area contributed by atoms with Crippen LogP contribution in [0, 0.1) is 11.3 Å². The number of rotatable bonds is 5. The number of nitriles is 1. The minimum Gasteiger partial charge on any atom is -0.330 e. The molecule has 2 atom stereocenters. The zero-order chi connectivity index (χ0) is 12.0. The highest BCUT2D eigenvalue weighted by Gasteiger charge is 2.12. The fourth-order valence-corrected chi connectivity index (χ4v) is 2.66. The first-order valence-electron chi connectivity index (χ1n) is 5.24. The molecule has 1 rings (SSSR count). The second-order valence-electron chi connectivity index (χ2n) is 3.68. The molecule has 3 nitrogen and oxygen atoms in total. The third kappa shape index (κ3) is 3.44. The van der Waals surface area contributed by atoms with E-state index in [1.165, 1.54) is 0 Å². The molecule has 16 heavy (non-hydrogen) atoms. The summed E-state index contributed by atoms with van der Waals surface area (Å²) in [6, 6.07) is 9.39. The van der Waals surface area contributed by atoms with Crippen molar-refractivity contribution in [2.75, 3.05) is 6.54 Å². The van der Waals surface area contributed by atoms with Crippen molar-refractivity contribution in [2.45, 2.75) is 24.3 Å². The highest BCUT2D eigenvalue weighted by molar-refractivity contribution is 7.84. The Balaban J connectivity index is 2.74. The third-order valence-electron chi connectivity index (χ3n) is 2.46. The van der Waals surface area contributed by atoms with Crippen molar-refractivity contribution in [3.05, 3.63) is 35.4 Å². The maximum absolute atomic E-state index is 11.9. The molecule has 0 fully saturated rings. The molecule has 86 valence electrons. The van der Waals surface area contributed by atoms with Crippen LogP contribution >= 0.6 is 0 Å². The third-order valence-corrected chi connectivity index (χ3v) is 4.19. The molecule has 0 aliphatic heterocycles. The summed E-state index contributed by atoms with van der Waals surface area (Å²) in [6.45, 7) is 2.48. The van der Waals surface area contributed by atoms with Crippen LogP contribution in [0.1, 0.15) is 24.5 Å². The Morgan fingerprint density at radius 3 is 2.81 bits per heavy atom. The Bertz CT molecular complexity index is 412. The molecule has 1 aromatic rings. The van der Waals surface area contributed by atoms with Gasteiger partial charge in [-0.25, -0.2) is 0 Å². The Morgan fingerprint density at radius 2 is 2.19 bits per heavy atom. The summed E-state index contributed by atoms with van der Waals surface area (Å²) < 4.78 is 11.9. The minimum absolute atomic E-state index is 0.0803. The van der Waals surface area contributed by atoms with Crippen LogP contribution < -0.4 is 5.73 Å². The standard InChI is InChI=1S/C12H16N2OS/c1-10(6-7-13)16(15)9-12-5-3-2-4-11(12)8-14/h2-5,10H,6-7,9,13H2,1H3. The van der Waals surface area contributed by atoms with Gasteiger partial charge in [0.05, 0.1) is 17.4 Å². The second-order valence-corrected chi connectivity index (χ2v) is 5.54. The topological polar surface area (TPSA) is 66.9 Å². The molecular formula is C12H16N2OS. The second kappa shape index (κ2) is 6.41. The van der Waals surface area contributed by atoms with Crippen LogP contribution in [0.5, 0.6) is 0 Å². The molecule has 0 aliphatic carbocycles. The summed E-state index contributed by atoms with van der Waals surface area (Å²) in [5.41, 5.74) is 6.89.